The third-order valence-electron chi connectivity index (χ3n) is 3.33. The lowest BCUT2D eigenvalue weighted by atomic mass is 10.1. The highest BCUT2D eigenvalue weighted by Gasteiger charge is 2.18. The maximum absolute atomic E-state index is 12.4. The molecular formula is C17H17ClN2O5S. The summed E-state index contributed by atoms with van der Waals surface area (Å²) in [4.78, 5) is 22.5. The normalized spacial score (nSPS) is 10.8. The molecule has 0 radical (unpaired) electrons. The number of amides is 3. The summed E-state index contributed by atoms with van der Waals surface area (Å²) in [6.45, 7) is 1.90. The molecular weight excluding hydrogens is 380 g/mol. The first-order chi connectivity index (χ1) is 12.4. The Hall–Kier alpha value is -2.58. The Balaban J connectivity index is 2.11. The molecule has 0 atom stereocenters. The van der Waals surface area contributed by atoms with E-state index in [1.165, 1.54) is 24.3 Å². The number of rotatable bonds is 6. The van der Waals surface area contributed by atoms with Crippen LogP contribution in [-0.4, -0.2) is 26.2 Å². The van der Waals surface area contributed by atoms with Gasteiger partial charge in [0, 0.05) is 5.69 Å². The van der Waals surface area contributed by atoms with Gasteiger partial charge in [0.1, 0.15) is 16.5 Å². The topological polar surface area (TPSA) is 102 Å². The Morgan fingerprint density at radius 2 is 1.73 bits per heavy atom. The summed E-state index contributed by atoms with van der Waals surface area (Å²) in [6, 6.07) is 11.5. The van der Waals surface area contributed by atoms with E-state index in [9.17, 15) is 18.0 Å². The molecule has 0 saturated heterocycles. The van der Waals surface area contributed by atoms with Crippen molar-refractivity contribution in [3.05, 3.63) is 54.1 Å². The summed E-state index contributed by atoms with van der Waals surface area (Å²) in [5.74, 6) is -0.719. The Bertz CT molecular complexity index is 898. The van der Waals surface area contributed by atoms with Gasteiger partial charge in [-0.2, -0.15) is 8.42 Å². The Labute approximate surface area is 156 Å². The van der Waals surface area contributed by atoms with Crippen molar-refractivity contribution in [3.8, 4) is 5.75 Å². The third-order valence-corrected chi connectivity index (χ3v) is 4.82. The van der Waals surface area contributed by atoms with Crippen molar-refractivity contribution >= 4 is 39.3 Å². The number of anilines is 1. The Morgan fingerprint density at radius 3 is 2.35 bits per heavy atom. The number of imide groups is 1. The van der Waals surface area contributed by atoms with Crippen molar-refractivity contribution in [2.45, 2.75) is 18.2 Å². The van der Waals surface area contributed by atoms with Gasteiger partial charge in [-0.3, -0.25) is 10.1 Å². The summed E-state index contributed by atoms with van der Waals surface area (Å²) < 4.78 is 30.0. The predicted octanol–water partition coefficient (Wildman–Crippen LogP) is 2.90. The molecule has 7 nitrogen and oxygen atoms in total. The van der Waals surface area contributed by atoms with Gasteiger partial charge in [0.15, 0.2) is 0 Å². The van der Waals surface area contributed by atoms with Crippen molar-refractivity contribution in [1.82, 2.24) is 5.32 Å². The number of nitrogens with one attached hydrogen (secondary N) is 2. The second kappa shape index (κ2) is 8.68. The zero-order valence-electron chi connectivity index (χ0n) is 13.9. The predicted molar refractivity (Wildman–Crippen MR) is 98.0 cm³/mol. The number of aryl methyl sites for hydroxylation is 1. The number of alkyl halides is 1. The van der Waals surface area contributed by atoms with Crippen LogP contribution in [0.5, 0.6) is 5.75 Å². The number of para-hydroxylation sites is 1. The van der Waals surface area contributed by atoms with Crippen LogP contribution in [-0.2, 0) is 21.3 Å². The van der Waals surface area contributed by atoms with E-state index in [1.807, 2.05) is 12.2 Å². The average molecular weight is 397 g/mol. The fourth-order valence-electron chi connectivity index (χ4n) is 2.07. The number of carbonyl (C=O) groups excluding carboxylic acids is 2. The number of urea groups is 1. The van der Waals surface area contributed by atoms with Gasteiger partial charge in [-0.15, -0.1) is 11.6 Å². The van der Waals surface area contributed by atoms with E-state index < -0.39 is 22.1 Å². The fourth-order valence-corrected chi connectivity index (χ4v) is 3.10. The van der Waals surface area contributed by atoms with Crippen LogP contribution in [0.1, 0.15) is 12.5 Å². The standard InChI is InChI=1S/C17H17ClN2O5S/c1-2-12-5-3-4-6-15(12)25-26(23,24)14-9-7-13(8-10-14)19-17(22)20-16(21)11-18/h3-10H,2,11H2,1H3,(H2,19,20,21,22). The van der Waals surface area contributed by atoms with Gasteiger partial charge in [-0.1, -0.05) is 25.1 Å². The molecule has 0 aliphatic heterocycles. The summed E-state index contributed by atoms with van der Waals surface area (Å²) in [5.41, 5.74) is 1.08. The molecule has 0 aromatic heterocycles. The summed E-state index contributed by atoms with van der Waals surface area (Å²) in [6.07, 6.45) is 0.630. The van der Waals surface area contributed by atoms with Crippen molar-refractivity contribution in [2.75, 3.05) is 11.2 Å². The van der Waals surface area contributed by atoms with Gasteiger partial charge < -0.3 is 9.50 Å². The largest absolute Gasteiger partial charge is 0.379 e. The lowest BCUT2D eigenvalue weighted by Gasteiger charge is -2.11. The molecule has 0 fully saturated rings. The van der Waals surface area contributed by atoms with Crippen LogP contribution < -0.4 is 14.8 Å². The first kappa shape index (κ1) is 19.7. The van der Waals surface area contributed by atoms with Gasteiger partial charge in [0.25, 0.3) is 0 Å². The molecule has 0 aliphatic carbocycles. The second-order valence-corrected chi connectivity index (χ2v) is 6.97. The fraction of sp³-hybridized carbons (Fsp3) is 0.176. The minimum atomic E-state index is -4.01. The molecule has 2 aromatic carbocycles. The highest BCUT2D eigenvalue weighted by atomic mass is 35.5. The molecule has 2 rings (SSSR count). The summed E-state index contributed by atoms with van der Waals surface area (Å²) >= 11 is 5.29. The number of hydrogen-bond acceptors (Lipinski definition) is 5. The average Bonchev–Trinajstić information content (AvgIpc) is 2.62. The zero-order valence-corrected chi connectivity index (χ0v) is 15.4. The second-order valence-electron chi connectivity index (χ2n) is 5.16. The Morgan fingerprint density at radius 1 is 1.08 bits per heavy atom. The van der Waals surface area contributed by atoms with Crippen molar-refractivity contribution in [3.63, 3.8) is 0 Å². The maximum atomic E-state index is 12.4. The van der Waals surface area contributed by atoms with Gasteiger partial charge in [0.2, 0.25) is 5.91 Å². The molecule has 2 aromatic rings. The molecule has 3 amide bonds. The lowest BCUT2D eigenvalue weighted by Crippen LogP contribution is -2.35. The summed E-state index contributed by atoms with van der Waals surface area (Å²) in [5, 5.41) is 4.39. The number of carbonyl (C=O) groups is 2. The molecule has 0 heterocycles. The summed E-state index contributed by atoms with van der Waals surface area (Å²) in [7, 11) is -4.01. The molecule has 9 heteroatoms. The minimum Gasteiger partial charge on any atom is -0.379 e. The van der Waals surface area contributed by atoms with Gasteiger partial charge in [-0.05, 0) is 42.3 Å². The number of halogens is 1. The highest BCUT2D eigenvalue weighted by Crippen LogP contribution is 2.24. The lowest BCUT2D eigenvalue weighted by molar-refractivity contribution is -0.117. The molecule has 138 valence electrons. The molecule has 26 heavy (non-hydrogen) atoms. The smallest absolute Gasteiger partial charge is 0.339 e. The first-order valence-corrected chi connectivity index (χ1v) is 9.59. The van der Waals surface area contributed by atoms with Gasteiger partial charge in [-0.25, -0.2) is 4.79 Å². The van der Waals surface area contributed by atoms with E-state index >= 15 is 0 Å². The maximum Gasteiger partial charge on any atom is 0.339 e. The van der Waals surface area contributed by atoms with E-state index in [4.69, 9.17) is 15.8 Å². The van der Waals surface area contributed by atoms with Crippen LogP contribution in [0.4, 0.5) is 10.5 Å². The SMILES string of the molecule is CCc1ccccc1OS(=O)(=O)c1ccc(NC(=O)NC(=O)CCl)cc1. The molecule has 0 aliphatic rings. The molecule has 0 saturated carbocycles. The zero-order chi connectivity index (χ0) is 19.2. The van der Waals surface area contributed by atoms with E-state index in [-0.39, 0.29) is 16.5 Å². The van der Waals surface area contributed by atoms with Crippen LogP contribution in [0, 0.1) is 0 Å². The molecule has 2 N–H and O–H groups in total. The van der Waals surface area contributed by atoms with Crippen LogP contribution in [0.2, 0.25) is 0 Å². The van der Waals surface area contributed by atoms with E-state index in [2.05, 4.69) is 5.32 Å². The van der Waals surface area contributed by atoms with Crippen molar-refractivity contribution in [1.29, 1.82) is 0 Å². The van der Waals surface area contributed by atoms with E-state index in [0.717, 1.165) is 5.56 Å². The van der Waals surface area contributed by atoms with Crippen molar-refractivity contribution in [2.24, 2.45) is 0 Å². The highest BCUT2D eigenvalue weighted by molar-refractivity contribution is 7.87. The van der Waals surface area contributed by atoms with Crippen LogP contribution in [0.25, 0.3) is 0 Å². The van der Waals surface area contributed by atoms with E-state index in [1.54, 1.807) is 24.3 Å². The number of benzene rings is 2. The van der Waals surface area contributed by atoms with E-state index in [0.29, 0.717) is 12.1 Å². The molecule has 0 spiro atoms. The molecule has 0 unspecified atom stereocenters. The van der Waals surface area contributed by atoms with Gasteiger partial charge in [0.05, 0.1) is 0 Å². The first-order valence-electron chi connectivity index (χ1n) is 7.65. The van der Waals surface area contributed by atoms with Crippen LogP contribution in [0.15, 0.2) is 53.4 Å². The minimum absolute atomic E-state index is 0.0637. The van der Waals surface area contributed by atoms with Crippen LogP contribution >= 0.6 is 11.6 Å². The number of hydrogen-bond donors (Lipinski definition) is 2. The van der Waals surface area contributed by atoms with Crippen LogP contribution in [0.3, 0.4) is 0 Å². The molecule has 0 bridgehead atoms. The quantitative estimate of drug-likeness (QED) is 0.577. The van der Waals surface area contributed by atoms with Crippen molar-refractivity contribution < 1.29 is 22.2 Å². The van der Waals surface area contributed by atoms with Gasteiger partial charge >= 0.3 is 16.1 Å². The third kappa shape index (κ3) is 5.21. The monoisotopic (exact) mass is 396 g/mol. The Kier molecular flexibility index (Phi) is 6.59.